The van der Waals surface area contributed by atoms with E-state index in [0.717, 1.165) is 12.1 Å². The molecule has 31 heavy (non-hydrogen) atoms. The molecule has 6 nitrogen and oxygen atoms in total. The molecule has 1 amide bonds. The van der Waals surface area contributed by atoms with Gasteiger partial charge in [0.15, 0.2) is 11.5 Å². The molecule has 1 aliphatic heterocycles. The van der Waals surface area contributed by atoms with Gasteiger partial charge in [-0.1, -0.05) is 6.07 Å². The van der Waals surface area contributed by atoms with Gasteiger partial charge >= 0.3 is 6.18 Å². The number of rotatable bonds is 6. The highest BCUT2D eigenvalue weighted by atomic mass is 19.4. The number of hydrogen-bond acceptors (Lipinski definition) is 5. The predicted octanol–water partition coefficient (Wildman–Crippen LogP) is 4.21. The van der Waals surface area contributed by atoms with Crippen molar-refractivity contribution in [1.82, 2.24) is 0 Å². The van der Waals surface area contributed by atoms with Crippen molar-refractivity contribution in [3.05, 3.63) is 53.6 Å². The number of carbonyl (C=O) groups excluding carboxylic acids is 1. The van der Waals surface area contributed by atoms with Crippen LogP contribution in [0.5, 0.6) is 11.5 Å². The minimum Gasteiger partial charge on any atom is -0.493 e. The molecule has 1 saturated heterocycles. The number of anilines is 2. The molecular formula is C22H23F3N2O4. The van der Waals surface area contributed by atoms with E-state index in [1.54, 1.807) is 24.3 Å². The first-order chi connectivity index (χ1) is 14.8. The second-order valence-electron chi connectivity index (χ2n) is 6.77. The topological polar surface area (TPSA) is 60.0 Å². The smallest absolute Gasteiger partial charge is 0.416 e. The Bertz CT molecular complexity index is 954. The van der Waals surface area contributed by atoms with Crippen LogP contribution in [-0.2, 0) is 15.7 Å². The van der Waals surface area contributed by atoms with Crippen molar-refractivity contribution in [3.63, 3.8) is 0 Å². The van der Waals surface area contributed by atoms with E-state index in [0.29, 0.717) is 49.1 Å². The molecule has 0 aliphatic carbocycles. The number of benzene rings is 2. The maximum absolute atomic E-state index is 13.2. The normalized spacial score (nSPS) is 14.5. The summed E-state index contributed by atoms with van der Waals surface area (Å²) in [6, 6.07) is 8.45. The third kappa shape index (κ3) is 5.69. The number of carbonyl (C=O) groups is 1. The lowest BCUT2D eigenvalue weighted by Crippen LogP contribution is -2.36. The monoisotopic (exact) mass is 436 g/mol. The lowest BCUT2D eigenvalue weighted by atomic mass is 10.1. The first-order valence-electron chi connectivity index (χ1n) is 9.57. The summed E-state index contributed by atoms with van der Waals surface area (Å²) in [6.07, 6.45) is -1.72. The van der Waals surface area contributed by atoms with Crippen LogP contribution < -0.4 is 19.7 Å². The number of alkyl halides is 3. The van der Waals surface area contributed by atoms with Crippen molar-refractivity contribution in [3.8, 4) is 11.5 Å². The van der Waals surface area contributed by atoms with Crippen LogP contribution in [0.3, 0.4) is 0 Å². The van der Waals surface area contributed by atoms with E-state index >= 15 is 0 Å². The highest BCUT2D eigenvalue weighted by Gasteiger charge is 2.31. The molecule has 2 aromatic carbocycles. The summed E-state index contributed by atoms with van der Waals surface area (Å²) in [7, 11) is 3.01. The number of methoxy groups -OCH3 is 2. The van der Waals surface area contributed by atoms with E-state index in [4.69, 9.17) is 14.2 Å². The van der Waals surface area contributed by atoms with Crippen LogP contribution in [0, 0.1) is 0 Å². The lowest BCUT2D eigenvalue weighted by Gasteiger charge is -2.30. The summed E-state index contributed by atoms with van der Waals surface area (Å²) in [6.45, 7) is 1.98. The van der Waals surface area contributed by atoms with Gasteiger partial charge in [-0.05, 0) is 42.0 Å². The standard InChI is InChI=1S/C22H23F3N2O4/c1-29-19-7-3-15(13-20(19)30-2)4-8-21(28)26-17-14-16(22(23,24)25)5-6-18(17)27-9-11-31-12-10-27/h3-8,13-14H,9-12H2,1-2H3,(H,26,28). The molecule has 3 rings (SSSR count). The Hall–Kier alpha value is -3.20. The molecule has 1 aliphatic rings. The molecule has 1 heterocycles. The Balaban J connectivity index is 1.82. The lowest BCUT2D eigenvalue weighted by molar-refractivity contribution is -0.137. The minimum absolute atomic E-state index is 0.0960. The molecule has 9 heteroatoms. The number of halogens is 3. The molecule has 1 fully saturated rings. The SMILES string of the molecule is COc1ccc(C=CC(=O)Nc2cc(C(F)(F)F)ccc2N2CCOCC2)cc1OC. The average molecular weight is 436 g/mol. The molecule has 0 radical (unpaired) electrons. The zero-order chi connectivity index (χ0) is 22.4. The maximum Gasteiger partial charge on any atom is 0.416 e. The van der Waals surface area contributed by atoms with Crippen LogP contribution >= 0.6 is 0 Å². The van der Waals surface area contributed by atoms with Gasteiger partial charge in [-0.3, -0.25) is 4.79 Å². The van der Waals surface area contributed by atoms with E-state index < -0.39 is 17.6 Å². The third-order valence-corrected chi connectivity index (χ3v) is 4.77. The quantitative estimate of drug-likeness (QED) is 0.688. The van der Waals surface area contributed by atoms with Crippen molar-refractivity contribution in [2.75, 3.05) is 50.7 Å². The summed E-state index contributed by atoms with van der Waals surface area (Å²) < 4.78 is 55.3. The van der Waals surface area contributed by atoms with Gasteiger partial charge in [0.25, 0.3) is 0 Å². The molecular weight excluding hydrogens is 413 g/mol. The fourth-order valence-electron chi connectivity index (χ4n) is 3.20. The van der Waals surface area contributed by atoms with Gasteiger partial charge in [-0.25, -0.2) is 0 Å². The summed E-state index contributed by atoms with van der Waals surface area (Å²) in [5, 5.41) is 2.58. The zero-order valence-electron chi connectivity index (χ0n) is 17.2. The number of nitrogens with zero attached hydrogens (tertiary/aromatic N) is 1. The van der Waals surface area contributed by atoms with Crippen LogP contribution in [-0.4, -0.2) is 46.4 Å². The van der Waals surface area contributed by atoms with E-state index in [-0.39, 0.29) is 5.69 Å². The Morgan fingerprint density at radius 3 is 2.42 bits per heavy atom. The molecule has 166 valence electrons. The number of hydrogen-bond donors (Lipinski definition) is 1. The van der Waals surface area contributed by atoms with Crippen molar-refractivity contribution in [1.29, 1.82) is 0 Å². The zero-order valence-corrected chi connectivity index (χ0v) is 17.2. The Labute approximate surface area is 178 Å². The van der Waals surface area contributed by atoms with Gasteiger partial charge in [0, 0.05) is 19.2 Å². The largest absolute Gasteiger partial charge is 0.493 e. The number of morpholine rings is 1. The van der Waals surface area contributed by atoms with Crippen molar-refractivity contribution in [2.45, 2.75) is 6.18 Å². The van der Waals surface area contributed by atoms with Crippen molar-refractivity contribution < 1.29 is 32.2 Å². The summed E-state index contributed by atoms with van der Waals surface area (Å²) in [4.78, 5) is 14.4. The van der Waals surface area contributed by atoms with Crippen LogP contribution in [0.2, 0.25) is 0 Å². The fourth-order valence-corrected chi connectivity index (χ4v) is 3.20. The number of nitrogens with one attached hydrogen (secondary N) is 1. The molecule has 0 aromatic heterocycles. The summed E-state index contributed by atoms with van der Waals surface area (Å²) in [5.41, 5.74) is 0.455. The van der Waals surface area contributed by atoms with E-state index in [9.17, 15) is 18.0 Å². The Morgan fingerprint density at radius 2 is 1.77 bits per heavy atom. The van der Waals surface area contributed by atoms with Gasteiger partial charge < -0.3 is 24.4 Å². The average Bonchev–Trinajstić information content (AvgIpc) is 2.77. The summed E-state index contributed by atoms with van der Waals surface area (Å²) >= 11 is 0. The van der Waals surface area contributed by atoms with E-state index in [1.807, 2.05) is 4.90 Å². The van der Waals surface area contributed by atoms with Gasteiger partial charge in [0.1, 0.15) is 0 Å². The predicted molar refractivity (Wildman–Crippen MR) is 112 cm³/mol. The number of amides is 1. The van der Waals surface area contributed by atoms with Crippen LogP contribution in [0.25, 0.3) is 6.08 Å². The third-order valence-electron chi connectivity index (χ3n) is 4.77. The maximum atomic E-state index is 13.2. The van der Waals surface area contributed by atoms with E-state index in [2.05, 4.69) is 5.32 Å². The molecule has 2 aromatic rings. The summed E-state index contributed by atoms with van der Waals surface area (Å²) in [5.74, 6) is 0.490. The Morgan fingerprint density at radius 1 is 1.06 bits per heavy atom. The van der Waals surface area contributed by atoms with Crippen LogP contribution in [0.4, 0.5) is 24.5 Å². The first kappa shape index (κ1) is 22.5. The Kier molecular flexibility index (Phi) is 7.06. The molecule has 0 atom stereocenters. The molecule has 0 saturated carbocycles. The second-order valence-corrected chi connectivity index (χ2v) is 6.77. The van der Waals surface area contributed by atoms with E-state index in [1.165, 1.54) is 26.4 Å². The highest BCUT2D eigenvalue weighted by molar-refractivity contribution is 6.04. The number of ether oxygens (including phenoxy) is 3. The highest BCUT2D eigenvalue weighted by Crippen LogP contribution is 2.36. The van der Waals surface area contributed by atoms with Crippen LogP contribution in [0.1, 0.15) is 11.1 Å². The van der Waals surface area contributed by atoms with Gasteiger partial charge in [-0.15, -0.1) is 0 Å². The fraction of sp³-hybridized carbons (Fsp3) is 0.318. The first-order valence-corrected chi connectivity index (χ1v) is 9.57. The van der Waals surface area contributed by atoms with Gasteiger partial charge in [0.05, 0.1) is 44.4 Å². The van der Waals surface area contributed by atoms with Crippen LogP contribution in [0.15, 0.2) is 42.5 Å². The van der Waals surface area contributed by atoms with Crippen molar-refractivity contribution >= 4 is 23.4 Å². The second kappa shape index (κ2) is 9.74. The van der Waals surface area contributed by atoms with Crippen molar-refractivity contribution in [2.24, 2.45) is 0 Å². The minimum atomic E-state index is -4.52. The molecule has 1 N–H and O–H groups in total. The molecule has 0 bridgehead atoms. The van der Waals surface area contributed by atoms with Gasteiger partial charge in [0.2, 0.25) is 5.91 Å². The van der Waals surface area contributed by atoms with Gasteiger partial charge in [-0.2, -0.15) is 13.2 Å². The molecule has 0 unspecified atom stereocenters. The molecule has 0 spiro atoms.